The topological polar surface area (TPSA) is 78.0 Å². The minimum atomic E-state index is -0.511. The van der Waals surface area contributed by atoms with Crippen molar-refractivity contribution in [3.63, 3.8) is 0 Å². The first-order valence-electron chi connectivity index (χ1n) is 8.65. The van der Waals surface area contributed by atoms with E-state index >= 15 is 0 Å². The maximum absolute atomic E-state index is 12.6. The lowest BCUT2D eigenvalue weighted by Crippen LogP contribution is -2.57. The van der Waals surface area contributed by atoms with Gasteiger partial charge in [0.2, 0.25) is 5.91 Å². The second-order valence-electron chi connectivity index (χ2n) is 8.23. The van der Waals surface area contributed by atoms with Crippen molar-refractivity contribution in [2.75, 3.05) is 6.61 Å². The molecule has 2 heterocycles. The summed E-state index contributed by atoms with van der Waals surface area (Å²) in [5, 5.41) is 14.1. The molecular weight excluding hydrogens is 302 g/mol. The van der Waals surface area contributed by atoms with Crippen LogP contribution in [0.25, 0.3) is 11.0 Å². The summed E-state index contributed by atoms with van der Waals surface area (Å²) in [6.07, 6.45) is 6.63. The zero-order valence-electron chi connectivity index (χ0n) is 14.7. The van der Waals surface area contributed by atoms with Crippen LogP contribution < -0.4 is 5.32 Å². The van der Waals surface area contributed by atoms with Gasteiger partial charge in [0.25, 0.3) is 0 Å². The Morgan fingerprint density at radius 2 is 2.25 bits per heavy atom. The van der Waals surface area contributed by atoms with Crippen LogP contribution in [0.4, 0.5) is 0 Å². The molecule has 0 saturated heterocycles. The van der Waals surface area contributed by atoms with Crippen molar-refractivity contribution < 1.29 is 9.90 Å². The van der Waals surface area contributed by atoms with Crippen LogP contribution in [0, 0.1) is 11.3 Å². The summed E-state index contributed by atoms with van der Waals surface area (Å²) in [6.45, 7) is 6.61. The highest BCUT2D eigenvalue weighted by molar-refractivity contribution is 5.87. The van der Waals surface area contributed by atoms with Gasteiger partial charge in [-0.25, -0.2) is 4.98 Å². The van der Waals surface area contributed by atoms with E-state index in [1.807, 2.05) is 18.3 Å². The standard InChI is InChI=1S/C19H27N3O2/c1-13-8-18(2,3)11-19(9-13,12-23)22-16(24)7-14-10-21-17-15(14)5-4-6-20-17/h4-6,10,13,23H,7-9,11-12H2,1-3H3,(H,20,21)(H,22,24)/t13-,19-/m1/s1. The number of aliphatic hydroxyl groups excluding tert-OH is 1. The molecule has 2 aromatic rings. The number of H-pyrrole nitrogens is 1. The molecule has 0 aliphatic heterocycles. The third-order valence-corrected chi connectivity index (χ3v) is 5.05. The Labute approximate surface area is 142 Å². The molecule has 3 rings (SSSR count). The molecule has 2 atom stereocenters. The number of rotatable bonds is 4. The van der Waals surface area contributed by atoms with E-state index in [9.17, 15) is 9.90 Å². The number of carbonyl (C=O) groups excluding carboxylic acids is 1. The molecule has 0 unspecified atom stereocenters. The highest BCUT2D eigenvalue weighted by atomic mass is 16.3. The fourth-order valence-electron chi connectivity index (χ4n) is 4.67. The van der Waals surface area contributed by atoms with E-state index in [2.05, 4.69) is 36.1 Å². The number of hydrogen-bond acceptors (Lipinski definition) is 3. The largest absolute Gasteiger partial charge is 0.394 e. The molecule has 2 aromatic heterocycles. The predicted octanol–water partition coefficient (Wildman–Crippen LogP) is 2.80. The van der Waals surface area contributed by atoms with Gasteiger partial charge in [-0.1, -0.05) is 20.8 Å². The summed E-state index contributed by atoms with van der Waals surface area (Å²) < 4.78 is 0. The second-order valence-corrected chi connectivity index (χ2v) is 8.23. The number of pyridine rings is 1. The zero-order valence-corrected chi connectivity index (χ0v) is 14.7. The third-order valence-electron chi connectivity index (χ3n) is 5.05. The van der Waals surface area contributed by atoms with Crippen LogP contribution in [-0.2, 0) is 11.2 Å². The van der Waals surface area contributed by atoms with Crippen molar-refractivity contribution in [1.29, 1.82) is 0 Å². The van der Waals surface area contributed by atoms with Gasteiger partial charge in [-0.2, -0.15) is 0 Å². The molecule has 1 aliphatic rings. The molecule has 130 valence electrons. The Bertz CT molecular complexity index is 737. The summed E-state index contributed by atoms with van der Waals surface area (Å²) in [6, 6.07) is 3.84. The van der Waals surface area contributed by atoms with E-state index in [0.29, 0.717) is 12.3 Å². The number of hydrogen-bond donors (Lipinski definition) is 3. The average molecular weight is 329 g/mol. The first-order valence-corrected chi connectivity index (χ1v) is 8.65. The zero-order chi connectivity index (χ0) is 17.4. The number of fused-ring (bicyclic) bond motifs is 1. The van der Waals surface area contributed by atoms with Gasteiger partial charge in [-0.3, -0.25) is 4.79 Å². The Balaban J connectivity index is 1.75. The number of aromatic amines is 1. The molecule has 1 fully saturated rings. The van der Waals surface area contributed by atoms with E-state index in [1.165, 1.54) is 0 Å². The van der Waals surface area contributed by atoms with Gasteiger partial charge in [-0.15, -0.1) is 0 Å². The minimum absolute atomic E-state index is 0.0120. The van der Waals surface area contributed by atoms with Gasteiger partial charge in [0.05, 0.1) is 18.6 Å². The highest BCUT2D eigenvalue weighted by Crippen LogP contribution is 2.43. The third kappa shape index (κ3) is 3.46. The lowest BCUT2D eigenvalue weighted by molar-refractivity contribution is -0.124. The molecule has 5 nitrogen and oxygen atoms in total. The van der Waals surface area contributed by atoms with Crippen molar-refractivity contribution in [3.8, 4) is 0 Å². The molecule has 0 spiro atoms. The summed E-state index contributed by atoms with van der Waals surface area (Å²) in [5.74, 6) is 0.442. The van der Waals surface area contributed by atoms with Gasteiger partial charge in [-0.05, 0) is 48.3 Å². The monoisotopic (exact) mass is 329 g/mol. The van der Waals surface area contributed by atoms with Crippen molar-refractivity contribution in [1.82, 2.24) is 15.3 Å². The van der Waals surface area contributed by atoms with Crippen molar-refractivity contribution in [2.45, 2.75) is 52.0 Å². The molecule has 0 bridgehead atoms. The molecule has 1 saturated carbocycles. The molecule has 0 radical (unpaired) electrons. The molecule has 1 aliphatic carbocycles. The Kier molecular flexibility index (Phi) is 4.38. The van der Waals surface area contributed by atoms with Crippen molar-refractivity contribution in [2.24, 2.45) is 11.3 Å². The van der Waals surface area contributed by atoms with E-state index in [1.54, 1.807) is 6.20 Å². The summed E-state index contributed by atoms with van der Waals surface area (Å²) in [7, 11) is 0. The number of carbonyl (C=O) groups is 1. The molecular formula is C19H27N3O2. The Morgan fingerprint density at radius 1 is 1.46 bits per heavy atom. The number of aromatic nitrogens is 2. The minimum Gasteiger partial charge on any atom is -0.394 e. The number of amides is 1. The number of aliphatic hydroxyl groups is 1. The van der Waals surface area contributed by atoms with E-state index < -0.39 is 5.54 Å². The molecule has 1 amide bonds. The Morgan fingerprint density at radius 3 is 2.96 bits per heavy atom. The maximum Gasteiger partial charge on any atom is 0.225 e. The van der Waals surface area contributed by atoms with Crippen LogP contribution in [0.15, 0.2) is 24.5 Å². The van der Waals surface area contributed by atoms with E-state index in [-0.39, 0.29) is 17.9 Å². The van der Waals surface area contributed by atoms with Crippen LogP contribution in [-0.4, -0.2) is 33.1 Å². The lowest BCUT2D eigenvalue weighted by Gasteiger charge is -2.47. The normalized spacial score (nSPS) is 26.4. The van der Waals surface area contributed by atoms with Crippen LogP contribution in [0.3, 0.4) is 0 Å². The second kappa shape index (κ2) is 6.20. The molecule has 24 heavy (non-hydrogen) atoms. The van der Waals surface area contributed by atoms with Crippen LogP contribution in [0.1, 0.15) is 45.6 Å². The smallest absolute Gasteiger partial charge is 0.225 e. The lowest BCUT2D eigenvalue weighted by atomic mass is 9.64. The number of nitrogens with one attached hydrogen (secondary N) is 2. The fourth-order valence-corrected chi connectivity index (χ4v) is 4.67. The predicted molar refractivity (Wildman–Crippen MR) is 94.6 cm³/mol. The fraction of sp³-hybridized carbons (Fsp3) is 0.579. The first kappa shape index (κ1) is 17.0. The summed E-state index contributed by atoms with van der Waals surface area (Å²) in [4.78, 5) is 20.0. The number of nitrogens with zero attached hydrogens (tertiary/aromatic N) is 1. The molecule has 0 aromatic carbocycles. The quantitative estimate of drug-likeness (QED) is 0.807. The molecule has 5 heteroatoms. The van der Waals surface area contributed by atoms with Gasteiger partial charge >= 0.3 is 0 Å². The van der Waals surface area contributed by atoms with E-state index in [4.69, 9.17) is 0 Å². The SMILES string of the molecule is C[C@@H]1CC(C)(C)C[C@](CO)(NC(=O)Cc2c[nH]c3ncccc23)C1. The average Bonchev–Trinajstić information content (AvgIpc) is 2.88. The van der Waals surface area contributed by atoms with Crippen LogP contribution in [0.5, 0.6) is 0 Å². The van der Waals surface area contributed by atoms with Crippen LogP contribution >= 0.6 is 0 Å². The molecule has 3 N–H and O–H groups in total. The Hall–Kier alpha value is -1.88. The first-order chi connectivity index (χ1) is 11.3. The van der Waals surface area contributed by atoms with Crippen molar-refractivity contribution in [3.05, 3.63) is 30.1 Å². The van der Waals surface area contributed by atoms with Gasteiger partial charge < -0.3 is 15.4 Å². The van der Waals surface area contributed by atoms with Crippen molar-refractivity contribution >= 4 is 16.9 Å². The van der Waals surface area contributed by atoms with Gasteiger partial charge in [0.1, 0.15) is 5.65 Å². The van der Waals surface area contributed by atoms with Crippen LogP contribution in [0.2, 0.25) is 0 Å². The van der Waals surface area contributed by atoms with Gasteiger partial charge in [0, 0.05) is 17.8 Å². The maximum atomic E-state index is 12.6. The van der Waals surface area contributed by atoms with E-state index in [0.717, 1.165) is 35.9 Å². The summed E-state index contributed by atoms with van der Waals surface area (Å²) >= 11 is 0. The van der Waals surface area contributed by atoms with Gasteiger partial charge in [0.15, 0.2) is 0 Å². The summed E-state index contributed by atoms with van der Waals surface area (Å²) in [5.41, 5.74) is 1.34. The highest BCUT2D eigenvalue weighted by Gasteiger charge is 2.43.